The number of ketones is 3. The molecule has 2 aromatic heterocycles. The van der Waals surface area contributed by atoms with Crippen LogP contribution in [0.15, 0.2) is 69.7 Å². The van der Waals surface area contributed by atoms with Gasteiger partial charge in [-0.05, 0) is 94.6 Å². The van der Waals surface area contributed by atoms with Gasteiger partial charge in [-0.2, -0.15) is 10.5 Å². The van der Waals surface area contributed by atoms with E-state index >= 15 is 0 Å². The molecule has 2 aliphatic rings. The van der Waals surface area contributed by atoms with E-state index in [2.05, 4.69) is 31.9 Å². The molecule has 0 aliphatic carbocycles. The van der Waals surface area contributed by atoms with Gasteiger partial charge in [0.05, 0.1) is 24.0 Å². The third-order valence-electron chi connectivity index (χ3n) is 10.5. The average molecular weight is 900 g/mol. The molecule has 2 aliphatic heterocycles. The SMILES string of the molecule is C.C.CC(C#N)CC(=O)C1CNC1.CC(C#N)NC(=O)C1CN(CCCCCCC(=O)c2cc(-c3ccc(F)cc3)on2)C1.O=CCCCCCC(=O)c1cc(-c2ccc(F)cc2)on1. The van der Waals surface area contributed by atoms with Crippen LogP contribution < -0.4 is 10.6 Å². The Hall–Kier alpha value is -6.23. The molecule has 65 heavy (non-hydrogen) atoms. The predicted octanol–water partition coefficient (Wildman–Crippen LogP) is 8.98. The highest BCUT2D eigenvalue weighted by Gasteiger charge is 2.32. The molecule has 350 valence electrons. The molecule has 2 fully saturated rings. The normalized spacial score (nSPS) is 14.0. The van der Waals surface area contributed by atoms with Crippen LogP contribution in [0, 0.1) is 52.1 Å². The molecule has 2 N–H and O–H groups in total. The first-order chi connectivity index (χ1) is 30.4. The van der Waals surface area contributed by atoms with E-state index in [1.54, 1.807) is 50.2 Å². The van der Waals surface area contributed by atoms with Crippen LogP contribution in [-0.2, 0) is 14.4 Å². The minimum absolute atomic E-state index is 0. The van der Waals surface area contributed by atoms with Gasteiger partial charge in [0.1, 0.15) is 41.1 Å². The second kappa shape index (κ2) is 29.3. The molecule has 2 saturated heterocycles. The fraction of sp³-hybridized carbons (Fsp3) is 0.490. The molecule has 14 nitrogen and oxygen atoms in total. The summed E-state index contributed by atoms with van der Waals surface area (Å²) in [5, 5.41) is 30.5. The third-order valence-corrected chi connectivity index (χ3v) is 10.5. The van der Waals surface area contributed by atoms with Gasteiger partial charge < -0.3 is 29.4 Å². The molecule has 2 unspecified atom stereocenters. The molecule has 2 atom stereocenters. The van der Waals surface area contributed by atoms with Crippen molar-refractivity contribution in [3.05, 3.63) is 83.7 Å². The summed E-state index contributed by atoms with van der Waals surface area (Å²) < 4.78 is 36.2. The number of halogens is 2. The van der Waals surface area contributed by atoms with Gasteiger partial charge >= 0.3 is 0 Å². The Kier molecular flexibility index (Phi) is 24.7. The highest BCUT2D eigenvalue weighted by molar-refractivity contribution is 5.95. The van der Waals surface area contributed by atoms with Gasteiger partial charge in [-0.1, -0.05) is 44.4 Å². The first-order valence-electron chi connectivity index (χ1n) is 21.4. The Morgan fingerprint density at radius 3 is 1.71 bits per heavy atom. The van der Waals surface area contributed by atoms with Crippen molar-refractivity contribution in [1.82, 2.24) is 25.8 Å². The quantitative estimate of drug-likeness (QED) is 0.0429. The first-order valence-corrected chi connectivity index (χ1v) is 21.4. The maximum absolute atomic E-state index is 13.0. The Bertz CT molecular complexity index is 2170. The van der Waals surface area contributed by atoms with Crippen molar-refractivity contribution in [2.75, 3.05) is 32.7 Å². The summed E-state index contributed by atoms with van der Waals surface area (Å²) in [4.78, 5) is 59.7. The van der Waals surface area contributed by atoms with Crippen LogP contribution in [0.5, 0.6) is 0 Å². The van der Waals surface area contributed by atoms with Gasteiger partial charge in [-0.3, -0.25) is 19.2 Å². The number of hydrogen-bond acceptors (Lipinski definition) is 13. The van der Waals surface area contributed by atoms with E-state index in [1.807, 2.05) is 6.07 Å². The number of aromatic nitrogens is 2. The van der Waals surface area contributed by atoms with Crippen molar-refractivity contribution < 1.29 is 41.8 Å². The molecule has 2 aromatic carbocycles. The fourth-order valence-electron chi connectivity index (χ4n) is 6.55. The van der Waals surface area contributed by atoms with Crippen molar-refractivity contribution in [2.45, 2.75) is 105 Å². The Morgan fingerprint density at radius 2 is 1.26 bits per heavy atom. The van der Waals surface area contributed by atoms with Crippen LogP contribution in [0.1, 0.15) is 120 Å². The summed E-state index contributed by atoms with van der Waals surface area (Å²) in [6, 6.07) is 18.4. The molecular formula is C49H63F2N7O7. The van der Waals surface area contributed by atoms with Crippen LogP contribution in [-0.4, -0.2) is 83.5 Å². The lowest BCUT2D eigenvalue weighted by Crippen LogP contribution is -2.54. The number of Topliss-reactive ketones (excluding diaryl/α,β-unsaturated/α-hetero) is 3. The monoisotopic (exact) mass is 899 g/mol. The molecule has 4 aromatic rings. The van der Waals surface area contributed by atoms with Crippen LogP contribution in [0.2, 0.25) is 0 Å². The number of hydrogen-bond donors (Lipinski definition) is 2. The molecule has 1 amide bonds. The van der Waals surface area contributed by atoms with Crippen molar-refractivity contribution in [2.24, 2.45) is 17.8 Å². The highest BCUT2D eigenvalue weighted by atomic mass is 19.1. The van der Waals surface area contributed by atoms with Crippen LogP contribution >= 0.6 is 0 Å². The number of carbonyl (C=O) groups excluding carboxylic acids is 5. The van der Waals surface area contributed by atoms with E-state index in [1.165, 1.54) is 24.3 Å². The standard InChI is InChI=1S/C23H27FN4O3.C16H16FNO3.C8H12N2O.2CH4/c1-16(13-25)26-23(30)18-14-28(15-18)11-5-3-2-4-6-21(29)20-12-22(31-27-20)17-7-9-19(24)10-8-17;17-13-8-6-12(7-9-13)16-11-14(18-21-16)15(20)5-3-1-2-4-10-19;1-6(3-9)2-8(11)7-4-10-5-7;;/h7-10,12,16,18H,2-6,11,14-15H2,1H3,(H,26,30);6-11H,1-5H2;6-7,10H,2,4-5H2,1H3;2*1H4. The lowest BCUT2D eigenvalue weighted by molar-refractivity contribution is -0.130. The van der Waals surface area contributed by atoms with E-state index in [9.17, 15) is 32.8 Å². The average Bonchev–Trinajstić information content (AvgIpc) is 3.94. The maximum Gasteiger partial charge on any atom is 0.226 e. The molecule has 0 saturated carbocycles. The van der Waals surface area contributed by atoms with Crippen LogP contribution in [0.4, 0.5) is 8.78 Å². The summed E-state index contributed by atoms with van der Waals surface area (Å²) in [6.07, 6.45) is 8.79. The number of likely N-dealkylation sites (tertiary alicyclic amines) is 1. The Labute approximate surface area is 381 Å². The molecule has 4 heterocycles. The number of nitrogens with one attached hydrogen (secondary N) is 2. The number of rotatable bonds is 22. The van der Waals surface area contributed by atoms with E-state index in [-0.39, 0.29) is 73.2 Å². The zero-order chi connectivity index (χ0) is 45.6. The minimum Gasteiger partial charge on any atom is -0.356 e. The molecule has 0 spiro atoms. The topological polar surface area (TPSA) is 212 Å². The maximum atomic E-state index is 13.0. The third kappa shape index (κ3) is 18.8. The smallest absolute Gasteiger partial charge is 0.226 e. The molecule has 6 rings (SSSR count). The summed E-state index contributed by atoms with van der Waals surface area (Å²) in [7, 11) is 0. The summed E-state index contributed by atoms with van der Waals surface area (Å²) >= 11 is 0. The van der Waals surface area contributed by atoms with Gasteiger partial charge in [0, 0.05) is 81.0 Å². The predicted molar refractivity (Wildman–Crippen MR) is 242 cm³/mol. The Morgan fingerprint density at radius 1 is 0.769 bits per heavy atom. The van der Waals surface area contributed by atoms with Gasteiger partial charge in [0.15, 0.2) is 23.1 Å². The zero-order valence-corrected chi connectivity index (χ0v) is 35.8. The summed E-state index contributed by atoms with van der Waals surface area (Å²) in [5.41, 5.74) is 1.94. The lowest BCUT2D eigenvalue weighted by atomic mass is 9.92. The number of amides is 1. The van der Waals surface area contributed by atoms with E-state index in [4.69, 9.17) is 19.6 Å². The van der Waals surface area contributed by atoms with E-state index in [0.717, 1.165) is 84.0 Å². The van der Waals surface area contributed by atoms with Crippen molar-refractivity contribution in [3.8, 4) is 34.8 Å². The van der Waals surface area contributed by atoms with E-state index < -0.39 is 6.04 Å². The molecule has 16 heteroatoms. The lowest BCUT2D eigenvalue weighted by Gasteiger charge is -2.38. The minimum atomic E-state index is -0.448. The molecule has 0 bridgehead atoms. The van der Waals surface area contributed by atoms with Gasteiger partial charge in [-0.25, -0.2) is 8.78 Å². The van der Waals surface area contributed by atoms with Crippen LogP contribution in [0.3, 0.4) is 0 Å². The van der Waals surface area contributed by atoms with Gasteiger partial charge in [0.2, 0.25) is 5.91 Å². The largest absolute Gasteiger partial charge is 0.356 e. The van der Waals surface area contributed by atoms with Crippen LogP contribution in [0.25, 0.3) is 22.6 Å². The molecule has 0 radical (unpaired) electrons. The van der Waals surface area contributed by atoms with Gasteiger partial charge in [0.25, 0.3) is 0 Å². The Balaban J connectivity index is 0.000000368. The first kappa shape index (κ1) is 54.9. The number of carbonyl (C=O) groups is 5. The second-order valence-corrected chi connectivity index (χ2v) is 15.8. The number of nitrogens with zero attached hydrogens (tertiary/aromatic N) is 5. The van der Waals surface area contributed by atoms with Gasteiger partial charge in [-0.15, -0.1) is 0 Å². The van der Waals surface area contributed by atoms with E-state index in [0.29, 0.717) is 54.0 Å². The number of aldehydes is 1. The van der Waals surface area contributed by atoms with Crippen molar-refractivity contribution >= 4 is 29.5 Å². The number of benzene rings is 2. The summed E-state index contributed by atoms with van der Waals surface area (Å²) in [5.74, 6) is 0.334. The van der Waals surface area contributed by atoms with Crippen molar-refractivity contribution in [1.29, 1.82) is 10.5 Å². The summed E-state index contributed by atoms with van der Waals surface area (Å²) in [6.45, 7) is 7.48. The van der Waals surface area contributed by atoms with Crippen molar-refractivity contribution in [3.63, 3.8) is 0 Å². The number of nitriles is 2. The zero-order valence-electron chi connectivity index (χ0n) is 35.8. The second-order valence-electron chi connectivity index (χ2n) is 15.8. The number of unbranched alkanes of at least 4 members (excludes halogenated alkanes) is 6. The molecular weight excluding hydrogens is 837 g/mol. The fourth-order valence-corrected chi connectivity index (χ4v) is 6.55. The highest BCUT2D eigenvalue weighted by Crippen LogP contribution is 2.23.